The quantitative estimate of drug-likeness (QED) is 0.509. The number of ether oxygens (including phenoxy) is 1. The summed E-state index contributed by atoms with van der Waals surface area (Å²) >= 11 is 0. The molecule has 0 saturated heterocycles. The van der Waals surface area contributed by atoms with Gasteiger partial charge in [-0.2, -0.15) is 0 Å². The van der Waals surface area contributed by atoms with Crippen LogP contribution < -0.4 is 10.1 Å². The summed E-state index contributed by atoms with van der Waals surface area (Å²) in [4.78, 5) is 0. The molecule has 2 heteroatoms. The van der Waals surface area contributed by atoms with Crippen molar-refractivity contribution >= 4 is 0 Å². The van der Waals surface area contributed by atoms with Crippen LogP contribution in [0.25, 0.3) is 0 Å². The minimum atomic E-state index is 0.745. The predicted molar refractivity (Wildman–Crippen MR) is 81.6 cm³/mol. The van der Waals surface area contributed by atoms with Gasteiger partial charge >= 0.3 is 0 Å². The maximum absolute atomic E-state index is 5.86. The number of rotatable bonds is 10. The van der Waals surface area contributed by atoms with E-state index in [-0.39, 0.29) is 0 Å². The zero-order valence-corrected chi connectivity index (χ0v) is 12.4. The van der Waals surface area contributed by atoms with Crippen molar-refractivity contribution in [1.82, 2.24) is 0 Å². The molecule has 0 radical (unpaired) electrons. The third-order valence-electron chi connectivity index (χ3n) is 3.41. The first kappa shape index (κ1) is 15.8. The van der Waals surface area contributed by atoms with Gasteiger partial charge in [0.15, 0.2) is 0 Å². The lowest BCUT2D eigenvalue weighted by Crippen LogP contribution is -2.89. The molecule has 106 valence electrons. The molecule has 0 aliphatic carbocycles. The molecule has 1 rings (SSSR count). The Morgan fingerprint density at radius 3 is 2.84 bits per heavy atom. The monoisotopic (exact) mass is 262 g/mol. The van der Waals surface area contributed by atoms with Crippen LogP contribution in [-0.2, 0) is 6.42 Å². The van der Waals surface area contributed by atoms with Crippen molar-refractivity contribution < 1.29 is 10.1 Å². The van der Waals surface area contributed by atoms with Gasteiger partial charge in [-0.05, 0) is 44.2 Å². The number of quaternary nitrogens is 1. The summed E-state index contributed by atoms with van der Waals surface area (Å²) in [6, 6.07) is 8.97. The van der Waals surface area contributed by atoms with Crippen LogP contribution in [0.2, 0.25) is 0 Å². The average Bonchev–Trinajstić information content (AvgIpc) is 2.44. The lowest BCUT2D eigenvalue weighted by atomic mass is 10.1. The smallest absolute Gasteiger partial charge is 0.122 e. The number of allylic oxidation sites excluding steroid dienone is 1. The molecular weight excluding hydrogens is 234 g/mol. The maximum Gasteiger partial charge on any atom is 0.122 e. The Balaban J connectivity index is 2.20. The first-order valence-electron chi connectivity index (χ1n) is 7.42. The fourth-order valence-corrected chi connectivity index (χ4v) is 1.97. The summed E-state index contributed by atoms with van der Waals surface area (Å²) in [6.45, 7) is 10.3. The molecule has 1 aromatic rings. The SMILES string of the molecule is C=CCc1ccccc1OCCCC[NH2+][C@H](C)CC. The molecule has 0 saturated carbocycles. The number of nitrogens with two attached hydrogens (primary N) is 1. The highest BCUT2D eigenvalue weighted by molar-refractivity contribution is 5.34. The Morgan fingerprint density at radius 1 is 1.32 bits per heavy atom. The van der Waals surface area contributed by atoms with E-state index in [0.717, 1.165) is 31.2 Å². The van der Waals surface area contributed by atoms with Gasteiger partial charge in [0.25, 0.3) is 0 Å². The second-order valence-corrected chi connectivity index (χ2v) is 5.07. The van der Waals surface area contributed by atoms with Crippen LogP contribution in [0.15, 0.2) is 36.9 Å². The number of hydrogen-bond donors (Lipinski definition) is 1. The summed E-state index contributed by atoms with van der Waals surface area (Å²) in [7, 11) is 0. The first-order valence-corrected chi connectivity index (χ1v) is 7.42. The topological polar surface area (TPSA) is 25.8 Å². The fourth-order valence-electron chi connectivity index (χ4n) is 1.97. The molecule has 2 N–H and O–H groups in total. The van der Waals surface area contributed by atoms with Gasteiger partial charge in [0.05, 0.1) is 19.2 Å². The number of hydrogen-bond acceptors (Lipinski definition) is 1. The highest BCUT2D eigenvalue weighted by Crippen LogP contribution is 2.18. The van der Waals surface area contributed by atoms with Crippen LogP contribution in [0.3, 0.4) is 0 Å². The lowest BCUT2D eigenvalue weighted by molar-refractivity contribution is -0.686. The summed E-state index contributed by atoms with van der Waals surface area (Å²) in [5, 5.41) is 2.42. The molecular formula is C17H28NO+. The zero-order chi connectivity index (χ0) is 13.9. The van der Waals surface area contributed by atoms with E-state index in [9.17, 15) is 0 Å². The van der Waals surface area contributed by atoms with Crippen molar-refractivity contribution in [2.75, 3.05) is 13.2 Å². The minimum absolute atomic E-state index is 0.745. The maximum atomic E-state index is 5.86. The molecule has 0 bridgehead atoms. The van der Waals surface area contributed by atoms with Gasteiger partial charge in [-0.25, -0.2) is 0 Å². The molecule has 0 aliphatic rings. The van der Waals surface area contributed by atoms with Crippen LogP contribution in [0.4, 0.5) is 0 Å². The summed E-state index contributed by atoms with van der Waals surface area (Å²) < 4.78 is 5.86. The molecule has 0 unspecified atom stereocenters. The van der Waals surface area contributed by atoms with Crippen molar-refractivity contribution in [2.24, 2.45) is 0 Å². The van der Waals surface area contributed by atoms with Crippen molar-refractivity contribution in [2.45, 2.75) is 45.6 Å². The summed E-state index contributed by atoms with van der Waals surface area (Å²) in [5.41, 5.74) is 1.23. The van der Waals surface area contributed by atoms with Crippen LogP contribution in [0.5, 0.6) is 5.75 Å². The average molecular weight is 262 g/mol. The van der Waals surface area contributed by atoms with Gasteiger partial charge in [0.1, 0.15) is 5.75 Å². The Hall–Kier alpha value is -1.28. The van der Waals surface area contributed by atoms with E-state index in [4.69, 9.17) is 4.74 Å². The molecule has 0 aromatic heterocycles. The van der Waals surface area contributed by atoms with E-state index >= 15 is 0 Å². The Kier molecular flexibility index (Phi) is 7.99. The highest BCUT2D eigenvalue weighted by atomic mass is 16.5. The normalized spacial score (nSPS) is 12.1. The van der Waals surface area contributed by atoms with E-state index in [1.54, 1.807) is 0 Å². The van der Waals surface area contributed by atoms with E-state index in [2.05, 4.69) is 31.8 Å². The molecule has 1 atom stereocenters. The van der Waals surface area contributed by atoms with Crippen molar-refractivity contribution in [3.05, 3.63) is 42.5 Å². The largest absolute Gasteiger partial charge is 0.493 e. The predicted octanol–water partition coefficient (Wildman–Crippen LogP) is 2.94. The number of unbranched alkanes of at least 4 members (excludes halogenated alkanes) is 1. The Labute approximate surface area is 117 Å². The van der Waals surface area contributed by atoms with Gasteiger partial charge < -0.3 is 10.1 Å². The second-order valence-electron chi connectivity index (χ2n) is 5.07. The summed E-state index contributed by atoms with van der Waals surface area (Å²) in [5.74, 6) is 1.01. The van der Waals surface area contributed by atoms with Crippen LogP contribution >= 0.6 is 0 Å². The number of para-hydroxylation sites is 1. The van der Waals surface area contributed by atoms with Crippen molar-refractivity contribution in [1.29, 1.82) is 0 Å². The van der Waals surface area contributed by atoms with E-state index in [0.29, 0.717) is 0 Å². The molecule has 19 heavy (non-hydrogen) atoms. The van der Waals surface area contributed by atoms with Crippen molar-refractivity contribution in [3.63, 3.8) is 0 Å². The number of benzene rings is 1. The molecule has 0 spiro atoms. The van der Waals surface area contributed by atoms with E-state index < -0.39 is 0 Å². The third-order valence-corrected chi connectivity index (χ3v) is 3.41. The van der Waals surface area contributed by atoms with Gasteiger partial charge in [0, 0.05) is 0 Å². The van der Waals surface area contributed by atoms with Crippen LogP contribution in [-0.4, -0.2) is 19.2 Å². The molecule has 0 amide bonds. The van der Waals surface area contributed by atoms with Gasteiger partial charge in [-0.1, -0.05) is 31.2 Å². The fraction of sp³-hybridized carbons (Fsp3) is 0.529. The molecule has 0 aliphatic heterocycles. The zero-order valence-electron chi connectivity index (χ0n) is 12.4. The second kappa shape index (κ2) is 9.62. The molecule has 2 nitrogen and oxygen atoms in total. The van der Waals surface area contributed by atoms with Crippen LogP contribution in [0, 0.1) is 0 Å². The first-order chi connectivity index (χ1) is 9.27. The van der Waals surface area contributed by atoms with Gasteiger partial charge in [0.2, 0.25) is 0 Å². The van der Waals surface area contributed by atoms with Gasteiger partial charge in [-0.3, -0.25) is 0 Å². The Morgan fingerprint density at radius 2 is 2.11 bits per heavy atom. The summed E-state index contributed by atoms with van der Waals surface area (Å²) in [6.07, 6.45) is 6.37. The molecule has 0 heterocycles. The van der Waals surface area contributed by atoms with E-state index in [1.807, 2.05) is 24.3 Å². The molecule has 1 aromatic carbocycles. The lowest BCUT2D eigenvalue weighted by Gasteiger charge is -2.11. The standard InChI is InChI=1S/C17H27NO/c1-4-10-16-11-6-7-12-17(16)19-14-9-8-13-18-15(3)5-2/h4,6-7,11-12,15,18H,1,5,8-10,13-14H2,2-3H3/p+1/t15-/m1/s1. The molecule has 0 fully saturated rings. The van der Waals surface area contributed by atoms with Crippen molar-refractivity contribution in [3.8, 4) is 5.75 Å². The van der Waals surface area contributed by atoms with E-state index in [1.165, 1.54) is 24.9 Å². The van der Waals surface area contributed by atoms with Gasteiger partial charge in [-0.15, -0.1) is 6.58 Å². The Bertz CT molecular complexity index is 362. The minimum Gasteiger partial charge on any atom is -0.493 e. The highest BCUT2D eigenvalue weighted by Gasteiger charge is 2.02. The van der Waals surface area contributed by atoms with Crippen LogP contribution in [0.1, 0.15) is 38.7 Å². The third kappa shape index (κ3) is 6.44.